The molecule has 0 amide bonds. The number of nitrogens with one attached hydrogen (secondary N) is 1. The summed E-state index contributed by atoms with van der Waals surface area (Å²) in [4.78, 5) is 8.54. The molecule has 0 bridgehead atoms. The predicted octanol–water partition coefficient (Wildman–Crippen LogP) is 2.49. The summed E-state index contributed by atoms with van der Waals surface area (Å²) >= 11 is 0. The van der Waals surface area contributed by atoms with Gasteiger partial charge in [0.05, 0.1) is 15.7 Å². The topological polar surface area (TPSA) is 92.3 Å². The van der Waals surface area contributed by atoms with Crippen molar-refractivity contribution in [2.75, 3.05) is 6.26 Å². The van der Waals surface area contributed by atoms with Gasteiger partial charge in [-0.25, -0.2) is 22.7 Å². The summed E-state index contributed by atoms with van der Waals surface area (Å²) in [7, 11) is -5.03. The molecule has 2 unspecified atom stereocenters. The highest BCUT2D eigenvalue weighted by atomic mass is 32.2. The fourth-order valence-corrected chi connectivity index (χ4v) is 5.66. The summed E-state index contributed by atoms with van der Waals surface area (Å²) in [6.45, 7) is 3.81. The van der Waals surface area contributed by atoms with Crippen LogP contribution in [-0.2, 0) is 27.2 Å². The molecule has 0 radical (unpaired) electrons. The zero-order valence-electron chi connectivity index (χ0n) is 16.9. The van der Waals surface area contributed by atoms with E-state index < -0.39 is 26.5 Å². The molecule has 4 rings (SSSR count). The molecule has 30 heavy (non-hydrogen) atoms. The van der Waals surface area contributed by atoms with Gasteiger partial charge in [-0.1, -0.05) is 24.3 Å². The first-order valence-corrected chi connectivity index (χ1v) is 12.3. The Kier molecular flexibility index (Phi) is 5.11. The Morgan fingerprint density at radius 1 is 1.17 bits per heavy atom. The van der Waals surface area contributed by atoms with Gasteiger partial charge in [0.1, 0.15) is 5.66 Å². The number of allylic oxidation sites excluding steroid dienone is 2. The Labute approximate surface area is 178 Å². The maximum Gasteiger partial charge on any atom is 0.266 e. The van der Waals surface area contributed by atoms with Crippen LogP contribution in [0.25, 0.3) is 0 Å². The van der Waals surface area contributed by atoms with Crippen molar-refractivity contribution in [3.8, 4) is 0 Å². The zero-order valence-corrected chi connectivity index (χ0v) is 18.5. The number of dihydropyridines is 1. The maximum atomic E-state index is 13.4. The van der Waals surface area contributed by atoms with Crippen molar-refractivity contribution in [1.82, 2.24) is 19.6 Å². The van der Waals surface area contributed by atoms with E-state index in [9.17, 15) is 12.6 Å². The van der Waals surface area contributed by atoms with E-state index in [1.54, 1.807) is 48.9 Å². The highest BCUT2D eigenvalue weighted by Crippen LogP contribution is 2.42. The van der Waals surface area contributed by atoms with Crippen LogP contribution in [0.15, 0.2) is 88.0 Å². The second kappa shape index (κ2) is 7.48. The number of aromatic nitrogens is 2. The Morgan fingerprint density at radius 2 is 1.83 bits per heavy atom. The van der Waals surface area contributed by atoms with Crippen LogP contribution in [0.5, 0.6) is 0 Å². The molecule has 2 aromatic rings. The van der Waals surface area contributed by atoms with Crippen LogP contribution < -0.4 is 5.32 Å². The summed E-state index contributed by atoms with van der Waals surface area (Å²) in [5.41, 5.74) is 2.61. The summed E-state index contributed by atoms with van der Waals surface area (Å²) in [5, 5.41) is 3.54. The molecule has 0 saturated heterocycles. The predicted molar refractivity (Wildman–Crippen MR) is 115 cm³/mol. The van der Waals surface area contributed by atoms with Crippen LogP contribution in [0, 0.1) is 0 Å². The standard InChI is InChI=1S/C21H22N4O3S2/c1-15-9-19-17(10-16-12-22-20(23-13-16)29(3)26)14-25(21(19,2)24-11-15)30(27,28)18-7-5-4-6-8-18/h4-9,11-14,24H,10H2,1-3H3. The minimum Gasteiger partial charge on any atom is -0.364 e. The molecule has 7 nitrogen and oxygen atoms in total. The molecule has 1 aromatic heterocycles. The van der Waals surface area contributed by atoms with Gasteiger partial charge < -0.3 is 5.32 Å². The lowest BCUT2D eigenvalue weighted by atomic mass is 9.90. The minimum atomic E-state index is -3.78. The molecule has 3 heterocycles. The van der Waals surface area contributed by atoms with Crippen molar-refractivity contribution in [3.05, 3.63) is 83.5 Å². The largest absolute Gasteiger partial charge is 0.364 e. The molecule has 0 saturated carbocycles. The highest BCUT2D eigenvalue weighted by molar-refractivity contribution is 7.89. The third kappa shape index (κ3) is 3.48. The van der Waals surface area contributed by atoms with Gasteiger partial charge >= 0.3 is 0 Å². The number of benzene rings is 1. The Balaban J connectivity index is 1.76. The maximum absolute atomic E-state index is 13.4. The first kappa shape index (κ1) is 20.5. The monoisotopic (exact) mass is 442 g/mol. The molecular weight excluding hydrogens is 420 g/mol. The summed E-state index contributed by atoms with van der Waals surface area (Å²) in [6, 6.07) is 8.39. The number of hydrogen-bond donors (Lipinski definition) is 1. The van der Waals surface area contributed by atoms with E-state index in [0.717, 1.165) is 22.3 Å². The molecule has 9 heteroatoms. The number of nitrogens with zero attached hydrogens (tertiary/aromatic N) is 3. The Morgan fingerprint density at radius 3 is 2.47 bits per heavy atom. The molecule has 2 aliphatic rings. The van der Waals surface area contributed by atoms with Gasteiger partial charge in [0, 0.05) is 43.0 Å². The smallest absolute Gasteiger partial charge is 0.266 e. The lowest BCUT2D eigenvalue weighted by Gasteiger charge is -2.39. The van der Waals surface area contributed by atoms with Crippen molar-refractivity contribution in [3.63, 3.8) is 0 Å². The molecular formula is C21H22N4O3S2. The fraction of sp³-hybridized carbons (Fsp3) is 0.238. The SMILES string of the molecule is CC1=CNC2(C)C(=C1)C(Cc1cnc(S(C)=O)nc1)=CN2S(=O)(=O)c1ccccc1. The van der Waals surface area contributed by atoms with E-state index >= 15 is 0 Å². The van der Waals surface area contributed by atoms with E-state index in [2.05, 4.69) is 15.3 Å². The number of hydrogen-bond acceptors (Lipinski definition) is 6. The zero-order chi connectivity index (χ0) is 21.5. The van der Waals surface area contributed by atoms with Gasteiger partial charge in [-0.05, 0) is 42.7 Å². The van der Waals surface area contributed by atoms with Crippen LogP contribution >= 0.6 is 0 Å². The van der Waals surface area contributed by atoms with E-state index in [4.69, 9.17) is 0 Å². The first-order valence-electron chi connectivity index (χ1n) is 9.33. The van der Waals surface area contributed by atoms with Crippen molar-refractivity contribution < 1.29 is 12.6 Å². The normalized spacial score (nSPS) is 21.8. The van der Waals surface area contributed by atoms with Gasteiger partial charge in [0.25, 0.3) is 10.0 Å². The summed E-state index contributed by atoms with van der Waals surface area (Å²) < 4.78 is 39.8. The van der Waals surface area contributed by atoms with Crippen molar-refractivity contribution >= 4 is 20.8 Å². The summed E-state index contributed by atoms with van der Waals surface area (Å²) in [5.74, 6) is 0. The average Bonchev–Trinajstić information content (AvgIpc) is 3.02. The van der Waals surface area contributed by atoms with E-state index in [-0.39, 0.29) is 10.1 Å². The van der Waals surface area contributed by atoms with Crippen LogP contribution in [0.1, 0.15) is 19.4 Å². The second-order valence-electron chi connectivity index (χ2n) is 7.44. The third-order valence-electron chi connectivity index (χ3n) is 5.17. The van der Waals surface area contributed by atoms with Crippen molar-refractivity contribution in [2.45, 2.75) is 36.0 Å². The lowest BCUT2D eigenvalue weighted by Crippen LogP contribution is -2.54. The van der Waals surface area contributed by atoms with Crippen LogP contribution in [0.2, 0.25) is 0 Å². The molecule has 1 aromatic carbocycles. The molecule has 0 aliphatic carbocycles. The van der Waals surface area contributed by atoms with E-state index in [1.807, 2.05) is 26.1 Å². The molecule has 0 spiro atoms. The van der Waals surface area contributed by atoms with Gasteiger partial charge in [-0.2, -0.15) is 0 Å². The van der Waals surface area contributed by atoms with Crippen LogP contribution in [0.3, 0.4) is 0 Å². The molecule has 156 valence electrons. The van der Waals surface area contributed by atoms with Crippen LogP contribution in [-0.4, -0.2) is 38.8 Å². The van der Waals surface area contributed by atoms with Gasteiger partial charge in [-0.15, -0.1) is 0 Å². The Bertz CT molecular complexity index is 1200. The molecule has 2 atom stereocenters. The lowest BCUT2D eigenvalue weighted by molar-refractivity contribution is 0.297. The fourth-order valence-electron chi connectivity index (χ4n) is 3.63. The quantitative estimate of drug-likeness (QED) is 0.716. The van der Waals surface area contributed by atoms with Crippen molar-refractivity contribution in [1.29, 1.82) is 0 Å². The highest BCUT2D eigenvalue weighted by Gasteiger charge is 2.47. The van der Waals surface area contributed by atoms with Gasteiger partial charge in [0.15, 0.2) is 0 Å². The first-order chi connectivity index (χ1) is 14.2. The minimum absolute atomic E-state index is 0.231. The molecule has 0 fully saturated rings. The van der Waals surface area contributed by atoms with E-state index in [0.29, 0.717) is 6.42 Å². The third-order valence-corrected chi connectivity index (χ3v) is 7.75. The number of sulfonamides is 1. The Hall–Kier alpha value is -2.78. The van der Waals surface area contributed by atoms with E-state index in [1.165, 1.54) is 10.6 Å². The second-order valence-corrected chi connectivity index (χ2v) is 10.5. The van der Waals surface area contributed by atoms with Crippen molar-refractivity contribution in [2.24, 2.45) is 0 Å². The van der Waals surface area contributed by atoms with Crippen LogP contribution in [0.4, 0.5) is 0 Å². The van der Waals surface area contributed by atoms with Gasteiger partial charge in [-0.3, -0.25) is 4.21 Å². The molecule has 1 N–H and O–H groups in total. The number of rotatable bonds is 5. The summed E-state index contributed by atoms with van der Waals surface area (Å²) in [6.07, 6.45) is 10.8. The molecule has 2 aliphatic heterocycles. The number of fused-ring (bicyclic) bond motifs is 1. The average molecular weight is 443 g/mol. The van der Waals surface area contributed by atoms with Gasteiger partial charge in [0.2, 0.25) is 5.16 Å².